The molecule has 2 aliphatic heterocycles. The molecule has 0 unspecified atom stereocenters. The van der Waals surface area contributed by atoms with Crippen LogP contribution in [0.4, 0.5) is 5.82 Å². The quantitative estimate of drug-likeness (QED) is 0.345. The van der Waals surface area contributed by atoms with Crippen LogP contribution in [0.25, 0.3) is 0 Å². The number of aromatic nitrogens is 1. The number of hydrogen-bond acceptors (Lipinski definition) is 8. The normalized spacial score (nSPS) is 19.7. The smallest absolute Gasteiger partial charge is 0.132 e. The Morgan fingerprint density at radius 1 is 0.810 bits per heavy atom. The molecule has 3 rings (SSSR count). The van der Waals surface area contributed by atoms with Crippen molar-refractivity contribution in [3.63, 3.8) is 0 Å². The molecule has 0 aliphatic carbocycles. The van der Waals surface area contributed by atoms with Crippen LogP contribution in [0.3, 0.4) is 0 Å². The van der Waals surface area contributed by atoms with Crippen LogP contribution in [0.5, 0.6) is 5.75 Å². The molecule has 2 fully saturated rings. The van der Waals surface area contributed by atoms with E-state index in [1.54, 1.807) is 0 Å². The molecule has 8 heteroatoms. The van der Waals surface area contributed by atoms with E-state index in [2.05, 4.69) is 99.9 Å². The summed E-state index contributed by atoms with van der Waals surface area (Å²) in [5.74, 6) is 1.90. The Labute approximate surface area is 257 Å². The third-order valence-electron chi connectivity index (χ3n) is 8.86. The van der Waals surface area contributed by atoms with Crippen molar-refractivity contribution in [2.24, 2.45) is 10.8 Å². The zero-order chi connectivity index (χ0) is 31.2. The summed E-state index contributed by atoms with van der Waals surface area (Å²) in [5, 5.41) is 10.6. The maximum Gasteiger partial charge on any atom is 0.132 e. The van der Waals surface area contributed by atoms with Crippen LogP contribution in [0, 0.1) is 10.8 Å². The van der Waals surface area contributed by atoms with Crippen molar-refractivity contribution >= 4 is 5.82 Å². The predicted molar refractivity (Wildman–Crippen MR) is 175 cm³/mol. The molecule has 1 aromatic rings. The van der Waals surface area contributed by atoms with Gasteiger partial charge in [-0.1, -0.05) is 34.6 Å². The molecule has 2 saturated heterocycles. The molecule has 0 amide bonds. The van der Waals surface area contributed by atoms with Gasteiger partial charge in [-0.3, -0.25) is 14.7 Å². The summed E-state index contributed by atoms with van der Waals surface area (Å²) in [5.41, 5.74) is 0.524. The standard InChI is InChI=1S/C34H63N5O3/c1-31(2,3)26-42-29-11-14-35-30(23-29)37-17-21-39(22-18-37)34(9,10)13-12-33(7,8)27-41-25-28(40)24-36-15-19-38(20-16-36)32(4,5)6/h11,14,23,28,40H,12-13,15-22,24-27H2,1-10H3/t28-/m0/s1. The zero-order valence-electron chi connectivity index (χ0n) is 28.7. The van der Waals surface area contributed by atoms with E-state index in [0.717, 1.165) is 76.8 Å². The van der Waals surface area contributed by atoms with E-state index in [4.69, 9.17) is 9.47 Å². The minimum atomic E-state index is -0.435. The first-order valence-corrected chi connectivity index (χ1v) is 16.3. The van der Waals surface area contributed by atoms with E-state index in [1.165, 1.54) is 0 Å². The fraction of sp³-hybridized carbons (Fsp3) is 0.853. The van der Waals surface area contributed by atoms with Gasteiger partial charge in [-0.05, 0) is 64.4 Å². The van der Waals surface area contributed by atoms with Crippen molar-refractivity contribution in [1.29, 1.82) is 0 Å². The molecule has 0 bridgehead atoms. The fourth-order valence-electron chi connectivity index (χ4n) is 5.80. The number of β-amino-alcohol motifs (C(OH)–C–C–N with tert-alkyl or cyclic N) is 1. The van der Waals surface area contributed by atoms with E-state index in [0.29, 0.717) is 26.4 Å². The number of piperazine rings is 2. The first-order valence-electron chi connectivity index (χ1n) is 16.3. The van der Waals surface area contributed by atoms with Crippen molar-refractivity contribution in [3.05, 3.63) is 18.3 Å². The van der Waals surface area contributed by atoms with Gasteiger partial charge < -0.3 is 19.5 Å². The molecule has 2 aliphatic rings. The molecule has 1 atom stereocenters. The second kappa shape index (κ2) is 14.6. The summed E-state index contributed by atoms with van der Waals surface area (Å²) in [6.07, 6.45) is 3.62. The monoisotopic (exact) mass is 589 g/mol. The predicted octanol–water partition coefficient (Wildman–Crippen LogP) is 5.01. The minimum absolute atomic E-state index is 0.0640. The molecule has 3 heterocycles. The Bertz CT molecular complexity index is 939. The molecule has 1 N–H and O–H groups in total. The fourth-order valence-corrected chi connectivity index (χ4v) is 5.80. The maximum atomic E-state index is 10.6. The molecule has 0 radical (unpaired) electrons. The lowest BCUT2D eigenvalue weighted by Gasteiger charge is -2.45. The van der Waals surface area contributed by atoms with Crippen LogP contribution in [0.15, 0.2) is 18.3 Å². The first-order chi connectivity index (χ1) is 19.4. The molecular weight excluding hydrogens is 526 g/mol. The Kier molecular flexibility index (Phi) is 12.1. The molecule has 0 spiro atoms. The highest BCUT2D eigenvalue weighted by atomic mass is 16.5. The molecular formula is C34H63N5O3. The lowest BCUT2D eigenvalue weighted by atomic mass is 9.82. The zero-order valence-corrected chi connectivity index (χ0v) is 28.7. The summed E-state index contributed by atoms with van der Waals surface area (Å²) < 4.78 is 12.1. The van der Waals surface area contributed by atoms with Crippen LogP contribution in [-0.2, 0) is 4.74 Å². The molecule has 0 aromatic carbocycles. The van der Waals surface area contributed by atoms with Gasteiger partial charge in [0.2, 0.25) is 0 Å². The Morgan fingerprint density at radius 3 is 2.02 bits per heavy atom. The van der Waals surface area contributed by atoms with Crippen molar-refractivity contribution < 1.29 is 14.6 Å². The highest BCUT2D eigenvalue weighted by Gasteiger charge is 2.33. The average Bonchev–Trinajstić information content (AvgIpc) is 2.90. The van der Waals surface area contributed by atoms with Crippen molar-refractivity contribution in [2.45, 2.75) is 99.3 Å². The van der Waals surface area contributed by atoms with Gasteiger partial charge in [0.1, 0.15) is 11.6 Å². The Hall–Kier alpha value is -1.45. The van der Waals surface area contributed by atoms with E-state index in [1.807, 2.05) is 12.3 Å². The van der Waals surface area contributed by atoms with E-state index >= 15 is 0 Å². The number of nitrogens with zero attached hydrogens (tertiary/aromatic N) is 5. The first kappa shape index (κ1) is 35.0. The topological polar surface area (TPSA) is 64.5 Å². The largest absolute Gasteiger partial charge is 0.493 e. The van der Waals surface area contributed by atoms with E-state index in [-0.39, 0.29) is 21.9 Å². The summed E-state index contributed by atoms with van der Waals surface area (Å²) in [4.78, 5) is 14.5. The van der Waals surface area contributed by atoms with Crippen LogP contribution in [0.2, 0.25) is 0 Å². The molecule has 42 heavy (non-hydrogen) atoms. The molecule has 8 nitrogen and oxygen atoms in total. The number of anilines is 1. The number of ether oxygens (including phenoxy) is 2. The van der Waals surface area contributed by atoms with Crippen molar-refractivity contribution in [3.8, 4) is 5.75 Å². The maximum absolute atomic E-state index is 10.6. The Morgan fingerprint density at radius 2 is 1.43 bits per heavy atom. The minimum Gasteiger partial charge on any atom is -0.493 e. The summed E-state index contributed by atoms with van der Waals surface area (Å²) in [7, 11) is 0. The van der Waals surface area contributed by atoms with Gasteiger partial charge in [0.05, 0.1) is 25.9 Å². The van der Waals surface area contributed by atoms with Crippen LogP contribution in [0.1, 0.15) is 82.1 Å². The number of hydrogen-bond donors (Lipinski definition) is 1. The van der Waals surface area contributed by atoms with Gasteiger partial charge in [-0.2, -0.15) is 0 Å². The van der Waals surface area contributed by atoms with E-state index < -0.39 is 6.10 Å². The van der Waals surface area contributed by atoms with Gasteiger partial charge in [-0.15, -0.1) is 0 Å². The number of aliphatic hydroxyl groups is 1. The third kappa shape index (κ3) is 11.6. The van der Waals surface area contributed by atoms with Gasteiger partial charge in [0.15, 0.2) is 0 Å². The Balaban J connectivity index is 1.36. The van der Waals surface area contributed by atoms with E-state index in [9.17, 15) is 5.11 Å². The molecule has 1 aromatic heterocycles. The van der Waals surface area contributed by atoms with Crippen molar-refractivity contribution in [2.75, 3.05) is 83.6 Å². The van der Waals surface area contributed by atoms with Gasteiger partial charge >= 0.3 is 0 Å². The number of pyridine rings is 1. The summed E-state index contributed by atoms with van der Waals surface area (Å²) in [6.45, 7) is 33.3. The number of aliphatic hydroxyl groups excluding tert-OH is 1. The van der Waals surface area contributed by atoms with Crippen LogP contribution in [-0.4, -0.2) is 121 Å². The van der Waals surface area contributed by atoms with Crippen LogP contribution < -0.4 is 9.64 Å². The number of rotatable bonds is 13. The van der Waals surface area contributed by atoms with Crippen molar-refractivity contribution in [1.82, 2.24) is 19.7 Å². The lowest BCUT2D eigenvalue weighted by Crippen LogP contribution is -2.55. The second-order valence-corrected chi connectivity index (χ2v) is 16.3. The average molecular weight is 590 g/mol. The summed E-state index contributed by atoms with van der Waals surface area (Å²) >= 11 is 0. The summed E-state index contributed by atoms with van der Waals surface area (Å²) in [6, 6.07) is 4.04. The highest BCUT2D eigenvalue weighted by Crippen LogP contribution is 2.31. The molecule has 242 valence electrons. The van der Waals surface area contributed by atoms with Gasteiger partial charge in [0.25, 0.3) is 0 Å². The van der Waals surface area contributed by atoms with Gasteiger partial charge in [0, 0.05) is 82.2 Å². The van der Waals surface area contributed by atoms with Gasteiger partial charge in [-0.25, -0.2) is 4.98 Å². The van der Waals surface area contributed by atoms with Crippen LogP contribution >= 0.6 is 0 Å². The lowest BCUT2D eigenvalue weighted by molar-refractivity contribution is -0.0253. The second-order valence-electron chi connectivity index (χ2n) is 16.3. The third-order valence-corrected chi connectivity index (χ3v) is 8.86. The SMILES string of the molecule is CC(C)(C)COc1ccnc(N2CCN(C(C)(C)CCC(C)(C)COC[C@@H](O)CN3CCN(C(C)(C)C)CC3)CC2)c1. The highest BCUT2D eigenvalue weighted by molar-refractivity contribution is 5.44. The molecule has 0 saturated carbocycles.